The van der Waals surface area contributed by atoms with Crippen molar-refractivity contribution in [1.29, 1.82) is 0 Å². The van der Waals surface area contributed by atoms with E-state index in [1.807, 2.05) is 30.3 Å². The van der Waals surface area contributed by atoms with Crippen molar-refractivity contribution in [3.63, 3.8) is 0 Å². The first kappa shape index (κ1) is 12.3. The lowest BCUT2D eigenvalue weighted by Crippen LogP contribution is -2.38. The van der Waals surface area contributed by atoms with Crippen molar-refractivity contribution in [2.24, 2.45) is 0 Å². The lowest BCUT2D eigenvalue weighted by molar-refractivity contribution is -0.691. The first-order chi connectivity index (χ1) is 8.68. The molecule has 0 saturated heterocycles. The van der Waals surface area contributed by atoms with Gasteiger partial charge in [-0.05, 0) is 0 Å². The van der Waals surface area contributed by atoms with Gasteiger partial charge in [0.1, 0.15) is 6.20 Å². The zero-order valence-corrected chi connectivity index (χ0v) is 9.35. The SMILES string of the molecule is FC(F)=C(F)c1cncc[n+]1Cc1ccccc1. The highest BCUT2D eigenvalue weighted by Gasteiger charge is 2.20. The van der Waals surface area contributed by atoms with Crippen LogP contribution in [0, 0.1) is 0 Å². The summed E-state index contributed by atoms with van der Waals surface area (Å²) in [5.41, 5.74) is 0.656. The third kappa shape index (κ3) is 2.74. The number of benzene rings is 1. The van der Waals surface area contributed by atoms with Crippen LogP contribution in [0.2, 0.25) is 0 Å². The molecule has 0 aliphatic carbocycles. The van der Waals surface area contributed by atoms with Crippen LogP contribution in [0.15, 0.2) is 55.0 Å². The second kappa shape index (κ2) is 5.44. The molecule has 5 heteroatoms. The minimum absolute atomic E-state index is 0.235. The maximum absolute atomic E-state index is 13.3. The van der Waals surface area contributed by atoms with Crippen LogP contribution in [0.4, 0.5) is 13.2 Å². The van der Waals surface area contributed by atoms with Gasteiger partial charge in [-0.25, -0.2) is 0 Å². The predicted molar refractivity (Wildman–Crippen MR) is 60.2 cm³/mol. The maximum atomic E-state index is 13.3. The molecular formula is C13H10F3N2+. The third-order valence-electron chi connectivity index (χ3n) is 2.43. The molecule has 2 aromatic rings. The normalized spacial score (nSPS) is 10.2. The van der Waals surface area contributed by atoms with Gasteiger partial charge in [-0.3, -0.25) is 4.98 Å². The van der Waals surface area contributed by atoms with E-state index in [0.29, 0.717) is 6.54 Å². The van der Waals surface area contributed by atoms with Gasteiger partial charge in [0.05, 0.1) is 6.20 Å². The summed E-state index contributed by atoms with van der Waals surface area (Å²) in [7, 11) is 0. The fourth-order valence-electron chi connectivity index (χ4n) is 1.58. The molecule has 0 saturated carbocycles. The van der Waals surface area contributed by atoms with E-state index in [-0.39, 0.29) is 5.69 Å². The van der Waals surface area contributed by atoms with E-state index in [1.54, 1.807) is 0 Å². The molecule has 0 fully saturated rings. The van der Waals surface area contributed by atoms with Gasteiger partial charge in [0.2, 0.25) is 0 Å². The molecule has 0 aliphatic heterocycles. The number of aromatic nitrogens is 2. The minimum atomic E-state index is -2.34. The van der Waals surface area contributed by atoms with Crippen molar-refractivity contribution < 1.29 is 17.7 Å². The topological polar surface area (TPSA) is 16.8 Å². The molecule has 0 unspecified atom stereocenters. The zero-order valence-electron chi connectivity index (χ0n) is 9.35. The lowest BCUT2D eigenvalue weighted by Gasteiger charge is -2.01. The smallest absolute Gasteiger partial charge is 0.251 e. The highest BCUT2D eigenvalue weighted by Crippen LogP contribution is 2.18. The summed E-state index contributed by atoms with van der Waals surface area (Å²) in [6.07, 6.45) is 1.63. The van der Waals surface area contributed by atoms with Crippen LogP contribution >= 0.6 is 0 Å². The Balaban J connectivity index is 2.38. The molecule has 2 rings (SSSR count). The van der Waals surface area contributed by atoms with Crippen LogP contribution in [0.25, 0.3) is 5.83 Å². The highest BCUT2D eigenvalue weighted by atomic mass is 19.3. The second-order valence-corrected chi connectivity index (χ2v) is 3.65. The Hall–Kier alpha value is -2.17. The molecule has 0 spiro atoms. The molecule has 1 heterocycles. The van der Waals surface area contributed by atoms with Gasteiger partial charge in [0.25, 0.3) is 11.5 Å². The quantitative estimate of drug-likeness (QED) is 0.766. The summed E-state index contributed by atoms with van der Waals surface area (Å²) in [6, 6.07) is 9.19. The van der Waals surface area contributed by atoms with Crippen molar-refractivity contribution >= 4 is 5.83 Å². The van der Waals surface area contributed by atoms with Crippen LogP contribution in [-0.4, -0.2) is 4.98 Å². The van der Waals surface area contributed by atoms with Gasteiger partial charge in [0, 0.05) is 5.56 Å². The van der Waals surface area contributed by atoms with E-state index >= 15 is 0 Å². The van der Waals surface area contributed by atoms with Gasteiger partial charge in [0.15, 0.2) is 12.7 Å². The molecule has 2 nitrogen and oxygen atoms in total. The molecule has 1 aromatic heterocycles. The number of halogens is 3. The van der Waals surface area contributed by atoms with Crippen molar-refractivity contribution in [3.8, 4) is 0 Å². The van der Waals surface area contributed by atoms with E-state index in [2.05, 4.69) is 4.98 Å². The van der Waals surface area contributed by atoms with E-state index in [0.717, 1.165) is 11.8 Å². The Morgan fingerprint density at radius 3 is 2.50 bits per heavy atom. The number of hydrogen-bond acceptors (Lipinski definition) is 1. The average molecular weight is 251 g/mol. The Labute approximate surface area is 102 Å². The Kier molecular flexibility index (Phi) is 3.72. The van der Waals surface area contributed by atoms with Crippen molar-refractivity contribution in [3.05, 3.63) is 66.3 Å². The molecule has 0 atom stereocenters. The van der Waals surface area contributed by atoms with E-state index < -0.39 is 11.9 Å². The lowest BCUT2D eigenvalue weighted by atomic mass is 10.2. The third-order valence-corrected chi connectivity index (χ3v) is 2.43. The number of nitrogens with zero attached hydrogens (tertiary/aromatic N) is 2. The monoisotopic (exact) mass is 251 g/mol. The molecule has 0 radical (unpaired) electrons. The molecule has 18 heavy (non-hydrogen) atoms. The molecular weight excluding hydrogens is 241 g/mol. The predicted octanol–water partition coefficient (Wildman–Crippen LogP) is 2.95. The van der Waals surface area contributed by atoms with Gasteiger partial charge >= 0.3 is 6.08 Å². The van der Waals surface area contributed by atoms with Gasteiger partial charge in [-0.15, -0.1) is 0 Å². The van der Waals surface area contributed by atoms with Gasteiger partial charge < -0.3 is 0 Å². The fourth-order valence-corrected chi connectivity index (χ4v) is 1.58. The van der Waals surface area contributed by atoms with Crippen molar-refractivity contribution in [2.75, 3.05) is 0 Å². The molecule has 0 amide bonds. The number of hydrogen-bond donors (Lipinski definition) is 0. The summed E-state index contributed by atoms with van der Waals surface area (Å²) in [4.78, 5) is 3.66. The fraction of sp³-hybridized carbons (Fsp3) is 0.0769. The summed E-state index contributed by atoms with van der Waals surface area (Å²) >= 11 is 0. The molecule has 0 N–H and O–H groups in total. The van der Waals surface area contributed by atoms with E-state index in [1.165, 1.54) is 17.0 Å². The summed E-state index contributed by atoms with van der Waals surface area (Å²) < 4.78 is 39.3. The molecule has 92 valence electrons. The summed E-state index contributed by atoms with van der Waals surface area (Å²) in [5.74, 6) is -1.54. The Morgan fingerprint density at radius 2 is 1.83 bits per heavy atom. The first-order valence-corrected chi connectivity index (χ1v) is 5.27. The van der Waals surface area contributed by atoms with Crippen molar-refractivity contribution in [1.82, 2.24) is 4.98 Å². The Morgan fingerprint density at radius 1 is 1.11 bits per heavy atom. The van der Waals surface area contributed by atoms with Crippen LogP contribution in [0.3, 0.4) is 0 Å². The minimum Gasteiger partial charge on any atom is -0.251 e. The largest absolute Gasteiger partial charge is 0.312 e. The highest BCUT2D eigenvalue weighted by molar-refractivity contribution is 5.52. The Bertz CT molecular complexity index is 563. The number of rotatable bonds is 3. The van der Waals surface area contributed by atoms with E-state index in [4.69, 9.17) is 0 Å². The zero-order chi connectivity index (χ0) is 13.0. The summed E-state index contributed by atoms with van der Waals surface area (Å²) in [5, 5.41) is 0. The molecule has 1 aromatic carbocycles. The van der Waals surface area contributed by atoms with Crippen LogP contribution in [0.5, 0.6) is 0 Å². The first-order valence-electron chi connectivity index (χ1n) is 5.27. The maximum Gasteiger partial charge on any atom is 0.312 e. The van der Waals surface area contributed by atoms with Crippen LogP contribution in [0.1, 0.15) is 11.3 Å². The van der Waals surface area contributed by atoms with Crippen LogP contribution < -0.4 is 4.57 Å². The van der Waals surface area contributed by atoms with Gasteiger partial charge in [-0.2, -0.15) is 17.7 Å². The van der Waals surface area contributed by atoms with Gasteiger partial charge in [-0.1, -0.05) is 30.3 Å². The van der Waals surface area contributed by atoms with Crippen molar-refractivity contribution in [2.45, 2.75) is 6.54 Å². The molecule has 0 aliphatic rings. The standard InChI is InChI=1S/C13H10F3N2/c14-12(13(15)16)11-8-17-6-7-18(11)9-10-4-2-1-3-5-10/h1-8H,9H2/q+1. The summed E-state index contributed by atoms with van der Waals surface area (Å²) in [6.45, 7) is 0.305. The average Bonchev–Trinajstić information content (AvgIpc) is 2.39. The van der Waals surface area contributed by atoms with Crippen LogP contribution in [-0.2, 0) is 6.54 Å². The molecule has 0 bridgehead atoms. The second-order valence-electron chi connectivity index (χ2n) is 3.65. The van der Waals surface area contributed by atoms with E-state index in [9.17, 15) is 13.2 Å².